The molecule has 1 aromatic rings. The van der Waals surface area contributed by atoms with E-state index in [-0.39, 0.29) is 10.6 Å². The van der Waals surface area contributed by atoms with E-state index < -0.39 is 0 Å². The van der Waals surface area contributed by atoms with Gasteiger partial charge >= 0.3 is 0 Å². The lowest BCUT2D eigenvalue weighted by molar-refractivity contribution is 0.0990. The van der Waals surface area contributed by atoms with Crippen molar-refractivity contribution in [2.75, 3.05) is 0 Å². The third-order valence-electron chi connectivity index (χ3n) is 3.04. The Kier molecular flexibility index (Phi) is 3.25. The number of hydrogen-bond acceptors (Lipinski definition) is 1. The molecule has 0 aromatic heterocycles. The number of carbonyl (C=O) groups is 1. The van der Waals surface area contributed by atoms with E-state index >= 15 is 0 Å². The summed E-state index contributed by atoms with van der Waals surface area (Å²) >= 11 is 3.47. The van der Waals surface area contributed by atoms with Crippen molar-refractivity contribution in [3.05, 3.63) is 34.9 Å². The molecule has 0 heterocycles. The van der Waals surface area contributed by atoms with Gasteiger partial charge in [0.25, 0.3) is 0 Å². The van der Waals surface area contributed by atoms with E-state index in [0.29, 0.717) is 0 Å². The van der Waals surface area contributed by atoms with E-state index in [1.165, 1.54) is 11.1 Å². The average molecular weight is 267 g/mol. The Morgan fingerprint density at radius 3 is 3.00 bits per heavy atom. The number of fused-ring (bicyclic) bond motifs is 1. The molecule has 0 bridgehead atoms. The van der Waals surface area contributed by atoms with Crippen molar-refractivity contribution >= 4 is 21.7 Å². The zero-order chi connectivity index (χ0) is 10.8. The number of aryl methyl sites for hydroxylation is 2. The molecule has 0 N–H and O–H groups in total. The number of alkyl halides is 1. The monoisotopic (exact) mass is 266 g/mol. The maximum atomic E-state index is 12.1. The van der Waals surface area contributed by atoms with Crippen molar-refractivity contribution in [2.45, 2.75) is 37.4 Å². The standard InChI is InChI=1S/C13H15BrO/c1-2-9-6-7-10-4-3-5-12(14)13(15)11(10)8-9/h6-8,12H,2-5H2,1H3. The van der Waals surface area contributed by atoms with Crippen LogP contribution in [-0.4, -0.2) is 10.6 Å². The fraction of sp³-hybridized carbons (Fsp3) is 0.462. The van der Waals surface area contributed by atoms with Crippen LogP contribution in [0.25, 0.3) is 0 Å². The molecule has 0 radical (unpaired) electrons. The van der Waals surface area contributed by atoms with Crippen LogP contribution < -0.4 is 0 Å². The van der Waals surface area contributed by atoms with Gasteiger partial charge in [-0.25, -0.2) is 0 Å². The van der Waals surface area contributed by atoms with Crippen LogP contribution >= 0.6 is 15.9 Å². The Hall–Kier alpha value is -0.630. The van der Waals surface area contributed by atoms with Crippen LogP contribution in [-0.2, 0) is 12.8 Å². The first-order valence-electron chi connectivity index (χ1n) is 5.52. The maximum absolute atomic E-state index is 12.1. The van der Waals surface area contributed by atoms with Crippen molar-refractivity contribution in [3.8, 4) is 0 Å². The van der Waals surface area contributed by atoms with Crippen molar-refractivity contribution in [3.63, 3.8) is 0 Å². The predicted molar refractivity (Wildman–Crippen MR) is 65.8 cm³/mol. The van der Waals surface area contributed by atoms with Crippen LogP contribution in [0.5, 0.6) is 0 Å². The van der Waals surface area contributed by atoms with Crippen molar-refractivity contribution in [2.24, 2.45) is 0 Å². The zero-order valence-corrected chi connectivity index (χ0v) is 10.5. The van der Waals surface area contributed by atoms with Gasteiger partial charge < -0.3 is 0 Å². The molecule has 1 nitrogen and oxygen atoms in total. The lowest BCUT2D eigenvalue weighted by Gasteiger charge is -2.08. The molecule has 2 heteroatoms. The second-order valence-electron chi connectivity index (χ2n) is 4.07. The highest BCUT2D eigenvalue weighted by atomic mass is 79.9. The molecule has 0 amide bonds. The molecule has 1 aliphatic rings. The Labute approximate surface area is 99.0 Å². The summed E-state index contributed by atoms with van der Waals surface area (Å²) in [6.07, 6.45) is 4.08. The Morgan fingerprint density at radius 2 is 2.27 bits per heavy atom. The van der Waals surface area contributed by atoms with Crippen LogP contribution in [0.2, 0.25) is 0 Å². The van der Waals surface area contributed by atoms with Gasteiger partial charge in [-0.05, 0) is 42.9 Å². The minimum atomic E-state index is 0.0193. The molecule has 0 saturated carbocycles. The number of benzene rings is 1. The van der Waals surface area contributed by atoms with Gasteiger partial charge in [0, 0.05) is 5.56 Å². The molecule has 2 rings (SSSR count). The Bertz CT molecular complexity index is 384. The SMILES string of the molecule is CCc1ccc2c(c1)C(=O)C(Br)CCC2. The van der Waals surface area contributed by atoms with E-state index in [4.69, 9.17) is 0 Å². The second-order valence-corrected chi connectivity index (χ2v) is 5.17. The Morgan fingerprint density at radius 1 is 1.47 bits per heavy atom. The van der Waals surface area contributed by atoms with Crippen LogP contribution in [0.15, 0.2) is 18.2 Å². The molecule has 1 unspecified atom stereocenters. The molecule has 0 spiro atoms. The first-order chi connectivity index (χ1) is 7.22. The van der Waals surface area contributed by atoms with E-state index in [9.17, 15) is 4.79 Å². The second kappa shape index (κ2) is 4.48. The minimum Gasteiger partial charge on any atom is -0.293 e. The highest BCUT2D eigenvalue weighted by molar-refractivity contribution is 9.10. The molecule has 0 saturated heterocycles. The minimum absolute atomic E-state index is 0.0193. The average Bonchev–Trinajstić information content (AvgIpc) is 2.40. The summed E-state index contributed by atoms with van der Waals surface area (Å²) in [6.45, 7) is 2.12. The van der Waals surface area contributed by atoms with E-state index in [1.807, 2.05) is 0 Å². The molecule has 80 valence electrons. The summed E-state index contributed by atoms with van der Waals surface area (Å²) in [4.78, 5) is 12.1. The maximum Gasteiger partial charge on any atom is 0.176 e. The molecule has 1 atom stereocenters. The first-order valence-corrected chi connectivity index (χ1v) is 6.44. The molecular formula is C13H15BrO. The number of Topliss-reactive ketones (excluding diaryl/α,β-unsaturated/α-hetero) is 1. The third kappa shape index (κ3) is 2.15. The number of hydrogen-bond donors (Lipinski definition) is 0. The van der Waals surface area contributed by atoms with Crippen molar-refractivity contribution in [1.82, 2.24) is 0 Å². The van der Waals surface area contributed by atoms with Gasteiger partial charge in [-0.1, -0.05) is 35.0 Å². The fourth-order valence-corrected chi connectivity index (χ4v) is 2.63. The topological polar surface area (TPSA) is 17.1 Å². The van der Waals surface area contributed by atoms with Crippen LogP contribution in [0, 0.1) is 0 Å². The zero-order valence-electron chi connectivity index (χ0n) is 8.92. The van der Waals surface area contributed by atoms with Gasteiger partial charge in [-0.15, -0.1) is 0 Å². The van der Waals surface area contributed by atoms with Crippen molar-refractivity contribution in [1.29, 1.82) is 0 Å². The molecule has 1 aliphatic carbocycles. The van der Waals surface area contributed by atoms with E-state index in [1.54, 1.807) is 0 Å². The van der Waals surface area contributed by atoms with Gasteiger partial charge in [0.1, 0.15) is 0 Å². The molecule has 1 aromatic carbocycles. The highest BCUT2D eigenvalue weighted by Gasteiger charge is 2.22. The summed E-state index contributed by atoms with van der Waals surface area (Å²) in [6, 6.07) is 6.33. The van der Waals surface area contributed by atoms with Crippen LogP contribution in [0.3, 0.4) is 0 Å². The lowest BCUT2D eigenvalue weighted by atomic mass is 9.98. The fourth-order valence-electron chi connectivity index (χ4n) is 2.06. The summed E-state index contributed by atoms with van der Waals surface area (Å²) in [5.74, 6) is 0.262. The highest BCUT2D eigenvalue weighted by Crippen LogP contribution is 2.25. The van der Waals surface area contributed by atoms with Gasteiger partial charge in [0.05, 0.1) is 4.83 Å². The number of ketones is 1. The smallest absolute Gasteiger partial charge is 0.176 e. The number of rotatable bonds is 1. The summed E-state index contributed by atoms with van der Waals surface area (Å²) < 4.78 is 0. The summed E-state index contributed by atoms with van der Waals surface area (Å²) in [5, 5.41) is 0. The number of halogens is 1. The van der Waals surface area contributed by atoms with Gasteiger partial charge in [-0.2, -0.15) is 0 Å². The van der Waals surface area contributed by atoms with Gasteiger partial charge in [0.15, 0.2) is 5.78 Å². The molecular weight excluding hydrogens is 252 g/mol. The summed E-state index contributed by atoms with van der Waals surface area (Å²) in [5.41, 5.74) is 3.41. The Balaban J connectivity index is 2.46. The van der Waals surface area contributed by atoms with Crippen LogP contribution in [0.1, 0.15) is 41.3 Å². The first kappa shape index (κ1) is 10.9. The number of carbonyl (C=O) groups excluding carboxylic acids is 1. The quantitative estimate of drug-likeness (QED) is 0.562. The normalized spacial score (nSPS) is 20.9. The van der Waals surface area contributed by atoms with Gasteiger partial charge in [-0.3, -0.25) is 4.79 Å². The van der Waals surface area contributed by atoms with Crippen molar-refractivity contribution < 1.29 is 4.79 Å². The molecule has 0 fully saturated rings. The van der Waals surface area contributed by atoms with E-state index in [2.05, 4.69) is 41.1 Å². The largest absolute Gasteiger partial charge is 0.293 e. The summed E-state index contributed by atoms with van der Waals surface area (Å²) in [7, 11) is 0. The predicted octanol–water partition coefficient (Wildman–Crippen LogP) is 3.53. The molecule has 0 aliphatic heterocycles. The molecule has 15 heavy (non-hydrogen) atoms. The lowest BCUT2D eigenvalue weighted by Crippen LogP contribution is -2.13. The third-order valence-corrected chi connectivity index (χ3v) is 3.91. The van der Waals surface area contributed by atoms with Crippen LogP contribution in [0.4, 0.5) is 0 Å². The van der Waals surface area contributed by atoms with E-state index in [0.717, 1.165) is 31.2 Å². The van der Waals surface area contributed by atoms with Gasteiger partial charge in [0.2, 0.25) is 0 Å².